The van der Waals surface area contributed by atoms with Crippen molar-refractivity contribution in [3.8, 4) is 0 Å². The standard InChI is InChI=1S/C25H28F2N4O3/c1-15-13-18(16(2)28-20-8-6-5-7-17(20)23(33)34-4)21-19(14-15)22(32)30(3)24(29-21)31-11-9-25(26,27)10-12-31/h5-8,13-14,16,28H,9-12H2,1-4H3/t16-/m1/s1. The highest BCUT2D eigenvalue weighted by Gasteiger charge is 2.35. The summed E-state index contributed by atoms with van der Waals surface area (Å²) < 4.78 is 33.7. The number of esters is 1. The zero-order valence-corrected chi connectivity index (χ0v) is 19.7. The Bertz CT molecular complexity index is 1300. The fraction of sp³-hybridized carbons (Fsp3) is 0.400. The zero-order chi connectivity index (χ0) is 24.6. The van der Waals surface area contributed by atoms with Gasteiger partial charge in [0.15, 0.2) is 0 Å². The number of carbonyl (C=O) groups is 1. The van der Waals surface area contributed by atoms with Crippen LogP contribution in [0.3, 0.4) is 0 Å². The lowest BCUT2D eigenvalue weighted by molar-refractivity contribution is -0.0223. The van der Waals surface area contributed by atoms with Crippen LogP contribution in [0.25, 0.3) is 10.9 Å². The minimum atomic E-state index is -2.69. The number of aromatic nitrogens is 2. The van der Waals surface area contributed by atoms with Gasteiger partial charge in [0.1, 0.15) is 0 Å². The van der Waals surface area contributed by atoms with E-state index in [2.05, 4.69) is 5.32 Å². The molecular formula is C25H28F2N4O3. The highest BCUT2D eigenvalue weighted by molar-refractivity contribution is 5.95. The Kier molecular flexibility index (Phi) is 6.29. The van der Waals surface area contributed by atoms with Crippen LogP contribution in [0.15, 0.2) is 41.2 Å². The van der Waals surface area contributed by atoms with Gasteiger partial charge in [0.2, 0.25) is 5.95 Å². The largest absolute Gasteiger partial charge is 0.465 e. The van der Waals surface area contributed by atoms with Gasteiger partial charge in [-0.3, -0.25) is 9.36 Å². The molecule has 0 bridgehead atoms. The number of methoxy groups -OCH3 is 1. The van der Waals surface area contributed by atoms with Crippen molar-refractivity contribution in [2.45, 2.75) is 38.7 Å². The van der Waals surface area contributed by atoms with Gasteiger partial charge < -0.3 is 15.0 Å². The number of anilines is 2. The molecule has 1 N–H and O–H groups in total. The number of benzene rings is 2. The van der Waals surface area contributed by atoms with Crippen molar-refractivity contribution in [2.75, 3.05) is 30.4 Å². The van der Waals surface area contributed by atoms with Crippen LogP contribution in [0, 0.1) is 6.92 Å². The predicted molar refractivity (Wildman–Crippen MR) is 128 cm³/mol. The van der Waals surface area contributed by atoms with Crippen molar-refractivity contribution in [1.82, 2.24) is 9.55 Å². The molecule has 180 valence electrons. The van der Waals surface area contributed by atoms with Crippen molar-refractivity contribution in [3.63, 3.8) is 0 Å². The molecule has 1 aromatic heterocycles. The van der Waals surface area contributed by atoms with E-state index in [9.17, 15) is 18.4 Å². The average Bonchev–Trinajstić information content (AvgIpc) is 2.81. The number of nitrogens with zero attached hydrogens (tertiary/aromatic N) is 3. The number of para-hydroxylation sites is 1. The summed E-state index contributed by atoms with van der Waals surface area (Å²) in [4.78, 5) is 32.0. The topological polar surface area (TPSA) is 76.5 Å². The molecule has 1 atom stereocenters. The number of hydrogen-bond acceptors (Lipinski definition) is 6. The minimum Gasteiger partial charge on any atom is -0.465 e. The van der Waals surface area contributed by atoms with Crippen LogP contribution >= 0.6 is 0 Å². The molecule has 1 fully saturated rings. The van der Waals surface area contributed by atoms with E-state index < -0.39 is 11.9 Å². The smallest absolute Gasteiger partial charge is 0.339 e. The zero-order valence-electron chi connectivity index (χ0n) is 19.7. The molecule has 4 rings (SSSR count). The van der Waals surface area contributed by atoms with Gasteiger partial charge in [0.25, 0.3) is 11.5 Å². The third kappa shape index (κ3) is 4.47. The quantitative estimate of drug-likeness (QED) is 0.556. The Morgan fingerprint density at radius 3 is 2.56 bits per heavy atom. The van der Waals surface area contributed by atoms with Crippen LogP contribution in [0.5, 0.6) is 0 Å². The second kappa shape index (κ2) is 9.04. The number of rotatable bonds is 5. The van der Waals surface area contributed by atoms with E-state index in [0.717, 1.165) is 11.1 Å². The molecule has 3 aromatic rings. The number of piperidine rings is 1. The maximum Gasteiger partial charge on any atom is 0.339 e. The van der Waals surface area contributed by atoms with E-state index in [1.165, 1.54) is 11.7 Å². The van der Waals surface area contributed by atoms with Crippen molar-refractivity contribution >= 4 is 28.5 Å². The van der Waals surface area contributed by atoms with Crippen LogP contribution in [0.4, 0.5) is 20.4 Å². The first-order valence-corrected chi connectivity index (χ1v) is 11.2. The Balaban J connectivity index is 1.78. The lowest BCUT2D eigenvalue weighted by atomic mass is 10.0. The van der Waals surface area contributed by atoms with Crippen molar-refractivity contribution < 1.29 is 18.3 Å². The number of hydrogen-bond donors (Lipinski definition) is 1. The summed E-state index contributed by atoms with van der Waals surface area (Å²) in [6.45, 7) is 4.07. The number of ether oxygens (including phenoxy) is 1. The van der Waals surface area contributed by atoms with Crippen LogP contribution in [0.1, 0.15) is 47.3 Å². The molecule has 0 radical (unpaired) electrons. The Morgan fingerprint density at radius 1 is 1.21 bits per heavy atom. The highest BCUT2D eigenvalue weighted by atomic mass is 19.3. The second-order valence-electron chi connectivity index (χ2n) is 8.77. The van der Waals surface area contributed by atoms with Crippen molar-refractivity contribution in [3.05, 3.63) is 63.4 Å². The summed E-state index contributed by atoms with van der Waals surface area (Å²) in [5.74, 6) is -2.78. The van der Waals surface area contributed by atoms with Crippen LogP contribution in [0.2, 0.25) is 0 Å². The van der Waals surface area contributed by atoms with Gasteiger partial charge in [0.05, 0.1) is 29.6 Å². The molecule has 2 aromatic carbocycles. The van der Waals surface area contributed by atoms with Gasteiger partial charge >= 0.3 is 5.97 Å². The van der Waals surface area contributed by atoms with Gasteiger partial charge in [-0.25, -0.2) is 18.6 Å². The third-order valence-corrected chi connectivity index (χ3v) is 6.28. The van der Waals surface area contributed by atoms with E-state index in [-0.39, 0.29) is 37.5 Å². The van der Waals surface area contributed by atoms with Crippen molar-refractivity contribution in [2.24, 2.45) is 7.05 Å². The molecule has 1 saturated heterocycles. The normalized spacial score (nSPS) is 16.4. The lowest BCUT2D eigenvalue weighted by Crippen LogP contribution is -2.42. The highest BCUT2D eigenvalue weighted by Crippen LogP contribution is 2.32. The number of nitrogens with one attached hydrogen (secondary N) is 1. The summed E-state index contributed by atoms with van der Waals surface area (Å²) in [6, 6.07) is 10.4. The van der Waals surface area contributed by atoms with Gasteiger partial charge in [-0.2, -0.15) is 0 Å². The van der Waals surface area contributed by atoms with Gasteiger partial charge in [0, 0.05) is 44.2 Å². The van der Waals surface area contributed by atoms with Crippen LogP contribution in [-0.4, -0.2) is 41.6 Å². The van der Waals surface area contributed by atoms with E-state index in [1.54, 1.807) is 36.2 Å². The molecule has 9 heteroatoms. The number of carbonyl (C=O) groups excluding carboxylic acids is 1. The Morgan fingerprint density at radius 2 is 1.88 bits per heavy atom. The molecule has 0 amide bonds. The van der Waals surface area contributed by atoms with Gasteiger partial charge in [-0.05, 0) is 37.6 Å². The first-order valence-electron chi connectivity index (χ1n) is 11.2. The minimum absolute atomic E-state index is 0.125. The first kappa shape index (κ1) is 23.7. The predicted octanol–water partition coefficient (Wildman–Crippen LogP) is 4.44. The van der Waals surface area contributed by atoms with Crippen molar-refractivity contribution in [1.29, 1.82) is 0 Å². The molecule has 0 unspecified atom stereocenters. The third-order valence-electron chi connectivity index (χ3n) is 6.28. The molecule has 7 nitrogen and oxygen atoms in total. The molecule has 1 aliphatic rings. The number of alkyl halides is 2. The van der Waals surface area contributed by atoms with E-state index >= 15 is 0 Å². The lowest BCUT2D eigenvalue weighted by Gasteiger charge is -2.33. The van der Waals surface area contributed by atoms with Crippen LogP contribution in [-0.2, 0) is 11.8 Å². The number of fused-ring (bicyclic) bond motifs is 1. The number of halogens is 2. The maximum atomic E-state index is 13.7. The molecule has 2 heterocycles. The SMILES string of the molecule is COC(=O)c1ccccc1N[C@H](C)c1cc(C)cc2c(=O)n(C)c(N3CCC(F)(F)CC3)nc12. The second-order valence-corrected chi connectivity index (χ2v) is 8.77. The monoisotopic (exact) mass is 470 g/mol. The molecule has 0 spiro atoms. The molecule has 34 heavy (non-hydrogen) atoms. The van der Waals surface area contributed by atoms with Gasteiger partial charge in [-0.1, -0.05) is 18.2 Å². The summed E-state index contributed by atoms with van der Waals surface area (Å²) in [7, 11) is 2.95. The molecular weight excluding hydrogens is 442 g/mol. The summed E-state index contributed by atoms with van der Waals surface area (Å²) in [6.07, 6.45) is -0.548. The summed E-state index contributed by atoms with van der Waals surface area (Å²) in [5.41, 5.74) is 2.94. The van der Waals surface area contributed by atoms with E-state index in [4.69, 9.17) is 9.72 Å². The summed E-state index contributed by atoms with van der Waals surface area (Å²) >= 11 is 0. The van der Waals surface area contributed by atoms with Gasteiger partial charge in [-0.15, -0.1) is 0 Å². The fourth-order valence-corrected chi connectivity index (χ4v) is 4.40. The fourth-order valence-electron chi connectivity index (χ4n) is 4.40. The van der Waals surface area contributed by atoms with Crippen LogP contribution < -0.4 is 15.8 Å². The summed E-state index contributed by atoms with van der Waals surface area (Å²) in [5, 5.41) is 3.80. The molecule has 0 aliphatic carbocycles. The Hall–Kier alpha value is -3.49. The average molecular weight is 471 g/mol. The molecule has 1 aliphatic heterocycles. The number of aryl methyl sites for hydroxylation is 1. The maximum absolute atomic E-state index is 13.7. The Labute approximate surface area is 196 Å². The van der Waals surface area contributed by atoms with E-state index in [0.29, 0.717) is 28.1 Å². The van der Waals surface area contributed by atoms with E-state index in [1.807, 2.05) is 26.0 Å². The molecule has 0 saturated carbocycles. The first-order chi connectivity index (χ1) is 16.1.